The lowest BCUT2D eigenvalue weighted by Gasteiger charge is -2.13. The van der Waals surface area contributed by atoms with Gasteiger partial charge in [0.2, 0.25) is 13.6 Å². The second-order valence-electron chi connectivity index (χ2n) is 6.10. The van der Waals surface area contributed by atoms with Crippen LogP contribution in [0.4, 0.5) is 0 Å². The Morgan fingerprint density at radius 1 is 0.964 bits per heavy atom. The second-order valence-corrected chi connectivity index (χ2v) is 6.96. The van der Waals surface area contributed by atoms with E-state index in [4.69, 9.17) is 18.9 Å². The summed E-state index contributed by atoms with van der Waals surface area (Å²) in [6.45, 7) is 1.93. The molecule has 0 atom stereocenters. The van der Waals surface area contributed by atoms with Gasteiger partial charge in [-0.05, 0) is 57.7 Å². The number of rotatable bonds is 5. The minimum absolute atomic E-state index is 0. The minimum Gasteiger partial charge on any atom is -0.454 e. The van der Waals surface area contributed by atoms with E-state index in [-0.39, 0.29) is 30.8 Å². The van der Waals surface area contributed by atoms with Gasteiger partial charge in [0.15, 0.2) is 29.0 Å². The molecular formula is C19H21BrIN3O4. The molecule has 0 radical (unpaired) electrons. The number of nitrogens with zero attached hydrogens (tertiary/aromatic N) is 1. The SMILES string of the molecule is CN=C(NCCc1ccc2c(c1)OCO2)NCc1cc(Br)c2c(c1)OCO2.I. The molecule has 0 saturated carbocycles. The number of guanidine groups is 1. The number of aliphatic imine (C=N–C) groups is 1. The van der Waals surface area contributed by atoms with Gasteiger partial charge in [-0.15, -0.1) is 24.0 Å². The van der Waals surface area contributed by atoms with Crippen LogP contribution in [-0.2, 0) is 13.0 Å². The number of ether oxygens (including phenoxy) is 4. The monoisotopic (exact) mass is 561 g/mol. The molecule has 2 aromatic rings. The number of hydrogen-bond donors (Lipinski definition) is 2. The van der Waals surface area contributed by atoms with Crippen molar-refractivity contribution in [3.8, 4) is 23.0 Å². The van der Waals surface area contributed by atoms with Crippen LogP contribution in [0.5, 0.6) is 23.0 Å². The zero-order valence-electron chi connectivity index (χ0n) is 15.3. The Morgan fingerprint density at radius 3 is 2.57 bits per heavy atom. The summed E-state index contributed by atoms with van der Waals surface area (Å²) in [5, 5.41) is 6.63. The first-order valence-corrected chi connectivity index (χ1v) is 9.43. The standard InChI is InChI=1S/C19H20BrN3O4.HI/c1-21-19(22-5-4-12-2-3-15-16(7-12)25-10-24-15)23-9-13-6-14(20)18-17(8-13)26-11-27-18;/h2-3,6-8H,4-5,9-11H2,1H3,(H2,21,22,23);1H. The predicted molar refractivity (Wildman–Crippen MR) is 120 cm³/mol. The molecule has 2 heterocycles. The third-order valence-electron chi connectivity index (χ3n) is 4.31. The van der Waals surface area contributed by atoms with Crippen LogP contribution in [0.3, 0.4) is 0 Å². The van der Waals surface area contributed by atoms with Crippen LogP contribution in [0, 0.1) is 0 Å². The lowest BCUT2D eigenvalue weighted by molar-refractivity contribution is 0.173. The highest BCUT2D eigenvalue weighted by atomic mass is 127. The van der Waals surface area contributed by atoms with Gasteiger partial charge < -0.3 is 29.6 Å². The largest absolute Gasteiger partial charge is 0.454 e. The molecule has 2 aromatic carbocycles. The Hall–Kier alpha value is -1.88. The number of benzene rings is 2. The van der Waals surface area contributed by atoms with Crippen molar-refractivity contribution in [2.24, 2.45) is 4.99 Å². The second kappa shape index (κ2) is 9.55. The van der Waals surface area contributed by atoms with Crippen LogP contribution in [0.15, 0.2) is 39.8 Å². The Morgan fingerprint density at radius 2 is 1.71 bits per heavy atom. The summed E-state index contributed by atoms with van der Waals surface area (Å²) in [7, 11) is 1.76. The topological polar surface area (TPSA) is 73.3 Å². The highest BCUT2D eigenvalue weighted by Gasteiger charge is 2.18. The smallest absolute Gasteiger partial charge is 0.231 e. The lowest BCUT2D eigenvalue weighted by atomic mass is 10.1. The fourth-order valence-electron chi connectivity index (χ4n) is 2.95. The normalized spacial score (nSPS) is 13.9. The van der Waals surface area contributed by atoms with Crippen LogP contribution in [0.25, 0.3) is 0 Å². The highest BCUT2D eigenvalue weighted by Crippen LogP contribution is 2.39. The molecule has 9 heteroatoms. The van der Waals surface area contributed by atoms with Crippen molar-refractivity contribution in [1.82, 2.24) is 10.6 Å². The zero-order chi connectivity index (χ0) is 18.6. The molecule has 2 aliphatic heterocycles. The maximum absolute atomic E-state index is 5.45. The molecule has 28 heavy (non-hydrogen) atoms. The summed E-state index contributed by atoms with van der Waals surface area (Å²) in [5.74, 6) is 3.86. The first-order valence-electron chi connectivity index (χ1n) is 8.64. The number of fused-ring (bicyclic) bond motifs is 2. The molecular weight excluding hydrogens is 541 g/mol. The molecule has 0 spiro atoms. The van der Waals surface area contributed by atoms with Gasteiger partial charge >= 0.3 is 0 Å². The molecule has 0 aromatic heterocycles. The van der Waals surface area contributed by atoms with E-state index in [9.17, 15) is 0 Å². The van der Waals surface area contributed by atoms with E-state index in [1.165, 1.54) is 5.56 Å². The first kappa shape index (κ1) is 20.8. The number of halogens is 2. The van der Waals surface area contributed by atoms with Gasteiger partial charge in [0.25, 0.3) is 0 Å². The van der Waals surface area contributed by atoms with Crippen molar-refractivity contribution < 1.29 is 18.9 Å². The summed E-state index contributed by atoms with van der Waals surface area (Å²) in [6, 6.07) is 10.0. The van der Waals surface area contributed by atoms with Gasteiger partial charge in [0.1, 0.15) is 0 Å². The fourth-order valence-corrected chi connectivity index (χ4v) is 3.55. The molecule has 0 bridgehead atoms. The van der Waals surface area contributed by atoms with Crippen LogP contribution in [-0.4, -0.2) is 33.1 Å². The molecule has 2 aliphatic rings. The first-order chi connectivity index (χ1) is 13.2. The third-order valence-corrected chi connectivity index (χ3v) is 4.90. The third kappa shape index (κ3) is 4.75. The maximum atomic E-state index is 5.45. The van der Waals surface area contributed by atoms with E-state index in [2.05, 4.69) is 37.6 Å². The van der Waals surface area contributed by atoms with Crippen molar-refractivity contribution in [2.75, 3.05) is 27.2 Å². The van der Waals surface area contributed by atoms with E-state index in [0.717, 1.165) is 52.0 Å². The lowest BCUT2D eigenvalue weighted by Crippen LogP contribution is -2.37. The zero-order valence-corrected chi connectivity index (χ0v) is 19.2. The molecule has 0 fully saturated rings. The average molecular weight is 562 g/mol. The van der Waals surface area contributed by atoms with E-state index < -0.39 is 0 Å². The van der Waals surface area contributed by atoms with Crippen LogP contribution in [0.2, 0.25) is 0 Å². The van der Waals surface area contributed by atoms with Gasteiger partial charge in [-0.25, -0.2) is 0 Å². The van der Waals surface area contributed by atoms with Crippen molar-refractivity contribution in [3.05, 3.63) is 45.9 Å². The summed E-state index contributed by atoms with van der Waals surface area (Å²) in [4.78, 5) is 4.27. The molecule has 7 nitrogen and oxygen atoms in total. The molecule has 4 rings (SSSR count). The maximum Gasteiger partial charge on any atom is 0.231 e. The van der Waals surface area contributed by atoms with E-state index in [0.29, 0.717) is 13.3 Å². The summed E-state index contributed by atoms with van der Waals surface area (Å²) in [6.07, 6.45) is 0.854. The Labute approximate surface area is 188 Å². The molecule has 2 N–H and O–H groups in total. The van der Waals surface area contributed by atoms with Crippen molar-refractivity contribution in [2.45, 2.75) is 13.0 Å². The molecule has 0 saturated heterocycles. The van der Waals surface area contributed by atoms with E-state index >= 15 is 0 Å². The summed E-state index contributed by atoms with van der Waals surface area (Å²) in [5.41, 5.74) is 2.26. The minimum atomic E-state index is 0. The van der Waals surface area contributed by atoms with E-state index in [1.54, 1.807) is 7.05 Å². The number of hydrogen-bond acceptors (Lipinski definition) is 5. The molecule has 0 unspecified atom stereocenters. The molecule has 150 valence electrons. The summed E-state index contributed by atoms with van der Waals surface area (Å²) < 4.78 is 22.5. The van der Waals surface area contributed by atoms with Crippen molar-refractivity contribution in [1.29, 1.82) is 0 Å². The van der Waals surface area contributed by atoms with Crippen molar-refractivity contribution in [3.63, 3.8) is 0 Å². The quantitative estimate of drug-likeness (QED) is 0.331. The van der Waals surface area contributed by atoms with Crippen LogP contribution < -0.4 is 29.6 Å². The summed E-state index contributed by atoms with van der Waals surface area (Å²) >= 11 is 3.51. The van der Waals surface area contributed by atoms with Gasteiger partial charge in [0.05, 0.1) is 4.47 Å². The van der Waals surface area contributed by atoms with Crippen molar-refractivity contribution >= 4 is 45.9 Å². The Kier molecular flexibility index (Phi) is 7.11. The van der Waals surface area contributed by atoms with Crippen LogP contribution in [0.1, 0.15) is 11.1 Å². The number of nitrogens with one attached hydrogen (secondary N) is 2. The van der Waals surface area contributed by atoms with Gasteiger partial charge in [0, 0.05) is 20.1 Å². The predicted octanol–water partition coefficient (Wildman–Crippen LogP) is 3.43. The van der Waals surface area contributed by atoms with Gasteiger partial charge in [-0.1, -0.05) is 6.07 Å². The van der Waals surface area contributed by atoms with Gasteiger partial charge in [-0.3, -0.25) is 4.99 Å². The highest BCUT2D eigenvalue weighted by molar-refractivity contribution is 14.0. The van der Waals surface area contributed by atoms with Crippen LogP contribution >= 0.6 is 39.9 Å². The fraction of sp³-hybridized carbons (Fsp3) is 0.316. The van der Waals surface area contributed by atoms with Gasteiger partial charge in [-0.2, -0.15) is 0 Å². The van der Waals surface area contributed by atoms with E-state index in [1.807, 2.05) is 24.3 Å². The molecule has 0 amide bonds. The average Bonchev–Trinajstić information content (AvgIpc) is 3.33. The Bertz CT molecular complexity index is 878. The Balaban J connectivity index is 0.00000225. The molecule has 0 aliphatic carbocycles.